The third-order valence-electron chi connectivity index (χ3n) is 6.31. The van der Waals surface area contributed by atoms with Crippen molar-refractivity contribution in [1.29, 1.82) is 0 Å². The third kappa shape index (κ3) is 6.01. The van der Waals surface area contributed by atoms with Gasteiger partial charge in [0.15, 0.2) is 5.11 Å². The summed E-state index contributed by atoms with van der Waals surface area (Å²) in [6, 6.07) is 9.89. The third-order valence-corrected chi connectivity index (χ3v) is 6.99. The van der Waals surface area contributed by atoms with Gasteiger partial charge in [-0.05, 0) is 55.6 Å². The molecule has 2 fully saturated rings. The van der Waals surface area contributed by atoms with Crippen LogP contribution in [0.25, 0.3) is 0 Å². The number of halogens is 2. The normalized spacial score (nSPS) is 18.6. The van der Waals surface area contributed by atoms with Gasteiger partial charge in [0.2, 0.25) is 5.95 Å². The second-order valence-electron chi connectivity index (χ2n) is 8.48. The van der Waals surface area contributed by atoms with Crippen LogP contribution in [0.5, 0.6) is 0 Å². The number of nitrogens with zero attached hydrogens (tertiary/aromatic N) is 3. The van der Waals surface area contributed by atoms with Gasteiger partial charge in [0.05, 0.1) is 0 Å². The number of nitrogens with one attached hydrogen (secondary N) is 2. The lowest BCUT2D eigenvalue weighted by atomic mass is 9.74. The first-order valence-corrected chi connectivity index (χ1v) is 12.4. The first-order chi connectivity index (χ1) is 15.5. The number of aromatic nitrogens is 2. The maximum Gasteiger partial charge on any atom is 0.232 e. The molecular weight excluding hydrogens is 465 g/mol. The largest absolute Gasteiger partial charge is 0.381 e. The molecule has 0 saturated carbocycles. The number of hydrogen-bond donors (Lipinski definition) is 2. The molecule has 2 aliphatic rings. The van der Waals surface area contributed by atoms with Crippen LogP contribution in [0.15, 0.2) is 30.3 Å². The van der Waals surface area contributed by atoms with Crippen molar-refractivity contribution < 1.29 is 4.74 Å². The molecule has 2 aliphatic heterocycles. The number of thiocarbonyl (C=S) groups is 1. The van der Waals surface area contributed by atoms with Gasteiger partial charge in [-0.2, -0.15) is 4.98 Å². The summed E-state index contributed by atoms with van der Waals surface area (Å²) in [4.78, 5) is 11.3. The predicted molar refractivity (Wildman–Crippen MR) is 135 cm³/mol. The van der Waals surface area contributed by atoms with Crippen LogP contribution in [-0.4, -0.2) is 47.9 Å². The van der Waals surface area contributed by atoms with E-state index in [0.29, 0.717) is 36.0 Å². The fraction of sp³-hybridized carbons (Fsp3) is 0.522. The van der Waals surface area contributed by atoms with Crippen molar-refractivity contribution in [1.82, 2.24) is 15.3 Å². The lowest BCUT2D eigenvalue weighted by Crippen LogP contribution is -2.45. The molecule has 0 atom stereocenters. The minimum absolute atomic E-state index is 0.0959. The molecule has 3 heterocycles. The number of rotatable bonds is 5. The quantitative estimate of drug-likeness (QED) is 0.438. The zero-order chi connectivity index (χ0) is 22.4. The molecule has 0 aliphatic carbocycles. The van der Waals surface area contributed by atoms with Gasteiger partial charge in [-0.3, -0.25) is 0 Å². The molecular formula is C23H29Cl2N5OS. The highest BCUT2D eigenvalue weighted by atomic mass is 35.5. The van der Waals surface area contributed by atoms with Crippen LogP contribution >= 0.6 is 35.4 Å². The van der Waals surface area contributed by atoms with Crippen molar-refractivity contribution >= 4 is 52.3 Å². The maximum absolute atomic E-state index is 6.30. The van der Waals surface area contributed by atoms with Gasteiger partial charge in [0.25, 0.3) is 0 Å². The topological polar surface area (TPSA) is 62.3 Å². The van der Waals surface area contributed by atoms with Gasteiger partial charge >= 0.3 is 0 Å². The highest BCUT2D eigenvalue weighted by molar-refractivity contribution is 7.80. The summed E-state index contributed by atoms with van der Waals surface area (Å²) in [6.45, 7) is 4.07. The van der Waals surface area contributed by atoms with Crippen molar-refractivity contribution in [3.63, 3.8) is 0 Å². The minimum Gasteiger partial charge on any atom is -0.381 e. The molecule has 1 aromatic heterocycles. The molecule has 9 heteroatoms. The Hall–Kier alpha value is -1.67. The Kier molecular flexibility index (Phi) is 8.05. The van der Waals surface area contributed by atoms with Gasteiger partial charge in [0.1, 0.15) is 11.0 Å². The average molecular weight is 494 g/mol. The van der Waals surface area contributed by atoms with Gasteiger partial charge in [-0.15, -0.1) is 0 Å². The lowest BCUT2D eigenvalue weighted by molar-refractivity contribution is 0.0515. The summed E-state index contributed by atoms with van der Waals surface area (Å²) in [5, 5.41) is 8.12. The molecule has 0 bridgehead atoms. The van der Waals surface area contributed by atoms with Gasteiger partial charge in [-0.25, -0.2) is 4.98 Å². The molecule has 0 amide bonds. The van der Waals surface area contributed by atoms with E-state index in [0.717, 1.165) is 36.8 Å². The maximum atomic E-state index is 6.30. The van der Waals surface area contributed by atoms with E-state index in [1.807, 2.05) is 24.3 Å². The van der Waals surface area contributed by atoms with Gasteiger partial charge < -0.3 is 20.3 Å². The van der Waals surface area contributed by atoms with Gasteiger partial charge in [-0.1, -0.05) is 48.2 Å². The fourth-order valence-electron chi connectivity index (χ4n) is 4.47. The molecule has 2 saturated heterocycles. The van der Waals surface area contributed by atoms with E-state index in [9.17, 15) is 0 Å². The van der Waals surface area contributed by atoms with Crippen LogP contribution < -0.4 is 15.5 Å². The second kappa shape index (κ2) is 11.0. The van der Waals surface area contributed by atoms with Crippen LogP contribution in [0, 0.1) is 0 Å². The van der Waals surface area contributed by atoms with E-state index in [2.05, 4.69) is 31.6 Å². The molecule has 32 heavy (non-hydrogen) atoms. The number of ether oxygens (including phenoxy) is 1. The summed E-state index contributed by atoms with van der Waals surface area (Å²) in [6.07, 6.45) is 6.65. The van der Waals surface area contributed by atoms with Crippen molar-refractivity contribution in [2.75, 3.05) is 43.1 Å². The van der Waals surface area contributed by atoms with E-state index in [4.69, 9.17) is 40.2 Å². The van der Waals surface area contributed by atoms with Crippen LogP contribution in [0.4, 0.5) is 11.8 Å². The monoisotopic (exact) mass is 493 g/mol. The Morgan fingerprint density at radius 1 is 1.06 bits per heavy atom. The molecule has 6 nitrogen and oxygen atoms in total. The van der Waals surface area contributed by atoms with E-state index in [-0.39, 0.29) is 5.41 Å². The summed E-state index contributed by atoms with van der Waals surface area (Å²) in [5.74, 6) is 1.26. The zero-order valence-corrected chi connectivity index (χ0v) is 20.4. The van der Waals surface area contributed by atoms with Crippen LogP contribution in [-0.2, 0) is 10.2 Å². The summed E-state index contributed by atoms with van der Waals surface area (Å²) in [5.41, 5.74) is 1.10. The summed E-state index contributed by atoms with van der Waals surface area (Å²) in [7, 11) is 0. The van der Waals surface area contributed by atoms with E-state index in [1.165, 1.54) is 31.2 Å². The Morgan fingerprint density at radius 2 is 1.81 bits per heavy atom. The Bertz CT molecular complexity index is 930. The van der Waals surface area contributed by atoms with Gasteiger partial charge in [0, 0.05) is 49.4 Å². The van der Waals surface area contributed by atoms with Crippen molar-refractivity contribution in [3.8, 4) is 0 Å². The first kappa shape index (κ1) is 23.5. The second-order valence-corrected chi connectivity index (χ2v) is 9.72. The Morgan fingerprint density at radius 3 is 2.53 bits per heavy atom. The molecule has 2 aromatic rings. The molecule has 0 radical (unpaired) electrons. The van der Waals surface area contributed by atoms with Crippen LogP contribution in [0.2, 0.25) is 10.2 Å². The van der Waals surface area contributed by atoms with E-state index < -0.39 is 0 Å². The highest BCUT2D eigenvalue weighted by Crippen LogP contribution is 2.35. The molecule has 1 aromatic carbocycles. The van der Waals surface area contributed by atoms with E-state index in [1.54, 1.807) is 0 Å². The molecule has 0 unspecified atom stereocenters. The average Bonchev–Trinajstić information content (AvgIpc) is 3.08. The van der Waals surface area contributed by atoms with Crippen LogP contribution in [0.1, 0.15) is 44.1 Å². The standard InChI is InChI=1S/C23H29Cl2N5OS/c24-18-7-5-6-17(14-18)23(8-12-31-13-9-23)16-26-22(32)29-21-27-19(25)15-20(28-21)30-10-3-1-2-4-11-30/h5-7,14-15H,1-4,8-13,16H2,(H2,26,27,28,29,32). The molecule has 4 rings (SSSR count). The van der Waals surface area contributed by atoms with Crippen molar-refractivity contribution in [3.05, 3.63) is 46.1 Å². The zero-order valence-electron chi connectivity index (χ0n) is 18.1. The summed E-state index contributed by atoms with van der Waals surface area (Å²) >= 11 is 18.2. The lowest BCUT2D eigenvalue weighted by Gasteiger charge is -2.38. The smallest absolute Gasteiger partial charge is 0.232 e. The number of anilines is 2. The first-order valence-electron chi connectivity index (χ1n) is 11.2. The predicted octanol–water partition coefficient (Wildman–Crippen LogP) is 5.20. The van der Waals surface area contributed by atoms with Crippen molar-refractivity contribution in [2.24, 2.45) is 0 Å². The summed E-state index contributed by atoms with van der Waals surface area (Å²) < 4.78 is 5.62. The molecule has 2 N–H and O–H groups in total. The molecule has 172 valence electrons. The fourth-order valence-corrected chi connectivity index (χ4v) is 5.00. The number of benzene rings is 1. The molecule has 0 spiro atoms. The van der Waals surface area contributed by atoms with E-state index >= 15 is 0 Å². The SMILES string of the molecule is S=C(NCC1(c2cccc(Cl)c2)CCOCC1)Nc1nc(Cl)cc(N2CCCCCC2)n1. The Balaban J connectivity index is 1.43. The Labute approximate surface area is 205 Å². The van der Waals surface area contributed by atoms with Crippen LogP contribution in [0.3, 0.4) is 0 Å². The highest BCUT2D eigenvalue weighted by Gasteiger charge is 2.34. The van der Waals surface area contributed by atoms with Crippen molar-refractivity contribution in [2.45, 2.75) is 43.9 Å². The number of hydrogen-bond acceptors (Lipinski definition) is 5. The minimum atomic E-state index is -0.0959.